The summed E-state index contributed by atoms with van der Waals surface area (Å²) in [5, 5.41) is 11.1. The lowest BCUT2D eigenvalue weighted by Gasteiger charge is -2.28. The van der Waals surface area contributed by atoms with Crippen molar-refractivity contribution < 1.29 is 5.11 Å². The van der Waals surface area contributed by atoms with Crippen LogP contribution in [0.3, 0.4) is 0 Å². The number of nitrogens with zero attached hydrogens (tertiary/aromatic N) is 2. The summed E-state index contributed by atoms with van der Waals surface area (Å²) in [5.41, 5.74) is 1.95. The van der Waals surface area contributed by atoms with Crippen LogP contribution >= 0.6 is 15.9 Å². The van der Waals surface area contributed by atoms with Gasteiger partial charge in [0.25, 0.3) is 0 Å². The topological polar surface area (TPSA) is 36.4 Å². The van der Waals surface area contributed by atoms with Crippen molar-refractivity contribution in [3.05, 3.63) is 28.2 Å². The van der Waals surface area contributed by atoms with E-state index in [0.29, 0.717) is 5.75 Å². The maximum atomic E-state index is 10.2. The molecule has 3 rings (SSSR count). The molecule has 100 valence electrons. The smallest absolute Gasteiger partial charge is 0.133 e. The van der Waals surface area contributed by atoms with Crippen molar-refractivity contribution in [3.8, 4) is 5.75 Å². The monoisotopic (exact) mass is 320 g/mol. The van der Waals surface area contributed by atoms with Gasteiger partial charge in [0.15, 0.2) is 0 Å². The van der Waals surface area contributed by atoms with Crippen molar-refractivity contribution in [2.75, 3.05) is 18.0 Å². The number of pyridine rings is 1. The zero-order valence-corrected chi connectivity index (χ0v) is 12.6. The Labute approximate surface area is 121 Å². The predicted octanol–water partition coefficient (Wildman–Crippen LogP) is 4.00. The second-order valence-electron chi connectivity index (χ2n) is 5.19. The molecule has 1 fully saturated rings. The molecular weight excluding hydrogens is 304 g/mol. The Hall–Kier alpha value is -1.29. The first kappa shape index (κ1) is 12.7. The van der Waals surface area contributed by atoms with Crippen LogP contribution in [-0.4, -0.2) is 23.2 Å². The Morgan fingerprint density at radius 3 is 2.63 bits per heavy atom. The molecule has 0 bridgehead atoms. The van der Waals surface area contributed by atoms with Crippen LogP contribution in [0.25, 0.3) is 10.9 Å². The molecule has 0 radical (unpaired) electrons. The van der Waals surface area contributed by atoms with Gasteiger partial charge in [-0.3, -0.25) is 0 Å². The minimum atomic E-state index is 0.315. The van der Waals surface area contributed by atoms with Gasteiger partial charge in [-0.15, -0.1) is 0 Å². The molecular formula is C15H17BrN2O. The lowest BCUT2D eigenvalue weighted by Crippen LogP contribution is -2.30. The molecule has 4 heteroatoms. The zero-order chi connectivity index (χ0) is 13.4. The van der Waals surface area contributed by atoms with E-state index in [1.165, 1.54) is 19.3 Å². The highest BCUT2D eigenvalue weighted by Crippen LogP contribution is 2.33. The second kappa shape index (κ2) is 5.00. The van der Waals surface area contributed by atoms with Gasteiger partial charge in [0.1, 0.15) is 11.6 Å². The number of anilines is 1. The number of fused-ring (bicyclic) bond motifs is 1. The van der Waals surface area contributed by atoms with Crippen LogP contribution in [0.1, 0.15) is 24.8 Å². The minimum absolute atomic E-state index is 0.315. The van der Waals surface area contributed by atoms with Crippen LogP contribution in [0.4, 0.5) is 5.82 Å². The van der Waals surface area contributed by atoms with Crippen LogP contribution in [0, 0.1) is 6.92 Å². The van der Waals surface area contributed by atoms with Gasteiger partial charge in [-0.2, -0.15) is 0 Å². The van der Waals surface area contributed by atoms with Crippen molar-refractivity contribution in [2.24, 2.45) is 0 Å². The molecule has 1 aromatic carbocycles. The third-order valence-corrected chi connectivity index (χ3v) is 4.26. The van der Waals surface area contributed by atoms with Gasteiger partial charge < -0.3 is 10.0 Å². The summed E-state index contributed by atoms with van der Waals surface area (Å²) in [6.07, 6.45) is 3.70. The third-order valence-electron chi connectivity index (χ3n) is 3.66. The van der Waals surface area contributed by atoms with Crippen LogP contribution in [0.2, 0.25) is 0 Å². The lowest BCUT2D eigenvalue weighted by atomic mass is 10.1. The number of piperidine rings is 1. The first-order chi connectivity index (χ1) is 9.15. The lowest BCUT2D eigenvalue weighted by molar-refractivity contribution is 0.480. The Morgan fingerprint density at radius 2 is 1.89 bits per heavy atom. The van der Waals surface area contributed by atoms with Gasteiger partial charge >= 0.3 is 0 Å². The Bertz CT molecular complexity index is 621. The van der Waals surface area contributed by atoms with Crippen molar-refractivity contribution in [1.82, 2.24) is 4.98 Å². The fourth-order valence-corrected chi connectivity index (χ4v) is 3.34. The summed E-state index contributed by atoms with van der Waals surface area (Å²) >= 11 is 3.55. The van der Waals surface area contributed by atoms with E-state index in [0.717, 1.165) is 39.8 Å². The molecule has 0 saturated carbocycles. The number of hydrogen-bond donors (Lipinski definition) is 1. The van der Waals surface area contributed by atoms with Crippen LogP contribution < -0.4 is 4.90 Å². The number of aryl methyl sites for hydroxylation is 1. The molecule has 1 N–H and O–H groups in total. The van der Waals surface area contributed by atoms with Gasteiger partial charge in [0.2, 0.25) is 0 Å². The van der Waals surface area contributed by atoms with Gasteiger partial charge in [-0.1, -0.05) is 0 Å². The summed E-state index contributed by atoms with van der Waals surface area (Å²) in [4.78, 5) is 6.98. The van der Waals surface area contributed by atoms with Crippen LogP contribution in [0.15, 0.2) is 22.7 Å². The predicted molar refractivity (Wildman–Crippen MR) is 81.9 cm³/mol. The molecule has 1 saturated heterocycles. The van der Waals surface area contributed by atoms with E-state index in [9.17, 15) is 5.11 Å². The molecule has 2 aromatic rings. The Kier molecular flexibility index (Phi) is 3.35. The number of benzene rings is 1. The van der Waals surface area contributed by atoms with Crippen molar-refractivity contribution in [2.45, 2.75) is 26.2 Å². The van der Waals surface area contributed by atoms with E-state index in [4.69, 9.17) is 4.98 Å². The Balaban J connectivity index is 2.13. The van der Waals surface area contributed by atoms with Crippen molar-refractivity contribution in [3.63, 3.8) is 0 Å². The summed E-state index contributed by atoms with van der Waals surface area (Å²) in [6, 6.07) is 5.80. The number of halogens is 1. The number of aromatic hydroxyl groups is 1. The molecule has 0 atom stereocenters. The van der Waals surface area contributed by atoms with Crippen molar-refractivity contribution in [1.29, 1.82) is 0 Å². The van der Waals surface area contributed by atoms with E-state index in [2.05, 4.69) is 20.8 Å². The molecule has 19 heavy (non-hydrogen) atoms. The van der Waals surface area contributed by atoms with E-state index >= 15 is 0 Å². The molecule has 1 aliphatic heterocycles. The Morgan fingerprint density at radius 1 is 1.16 bits per heavy atom. The number of rotatable bonds is 1. The van der Waals surface area contributed by atoms with Gasteiger partial charge in [-0.05, 0) is 59.8 Å². The second-order valence-corrected chi connectivity index (χ2v) is 6.04. The van der Waals surface area contributed by atoms with E-state index in [1.807, 2.05) is 19.1 Å². The molecule has 1 aromatic heterocycles. The van der Waals surface area contributed by atoms with E-state index in [1.54, 1.807) is 6.07 Å². The molecule has 0 unspecified atom stereocenters. The first-order valence-electron chi connectivity index (χ1n) is 6.70. The minimum Gasteiger partial charge on any atom is -0.507 e. The molecule has 1 aliphatic rings. The summed E-state index contributed by atoms with van der Waals surface area (Å²) < 4.78 is 0.941. The van der Waals surface area contributed by atoms with Crippen LogP contribution in [0.5, 0.6) is 5.75 Å². The fraction of sp³-hybridized carbons (Fsp3) is 0.400. The largest absolute Gasteiger partial charge is 0.507 e. The molecule has 0 amide bonds. The van der Waals surface area contributed by atoms with Gasteiger partial charge in [-0.25, -0.2) is 4.98 Å². The van der Waals surface area contributed by atoms with Gasteiger partial charge in [0.05, 0.1) is 5.52 Å². The molecule has 2 heterocycles. The van der Waals surface area contributed by atoms with Gasteiger partial charge in [0, 0.05) is 29.0 Å². The van der Waals surface area contributed by atoms with E-state index in [-0.39, 0.29) is 0 Å². The highest BCUT2D eigenvalue weighted by Gasteiger charge is 2.15. The van der Waals surface area contributed by atoms with Crippen molar-refractivity contribution >= 4 is 32.7 Å². The summed E-state index contributed by atoms with van der Waals surface area (Å²) in [6.45, 7) is 4.07. The standard InChI is InChI=1S/C15H17BrN2O/c1-10-7-11-13(19)9-14(17-15(11)12(16)8-10)18-5-3-2-4-6-18/h7-9H,2-6H2,1H3,(H,17,19). The highest BCUT2D eigenvalue weighted by molar-refractivity contribution is 9.10. The first-order valence-corrected chi connectivity index (χ1v) is 7.49. The molecule has 0 spiro atoms. The maximum Gasteiger partial charge on any atom is 0.133 e. The molecule has 3 nitrogen and oxygen atoms in total. The SMILES string of the molecule is Cc1cc(Br)c2nc(N3CCCCC3)cc(O)c2c1. The number of hydrogen-bond acceptors (Lipinski definition) is 3. The highest BCUT2D eigenvalue weighted by atomic mass is 79.9. The quantitative estimate of drug-likeness (QED) is 0.862. The van der Waals surface area contributed by atoms with Crippen LogP contribution in [-0.2, 0) is 0 Å². The third kappa shape index (κ3) is 2.41. The van der Waals surface area contributed by atoms with E-state index < -0.39 is 0 Å². The zero-order valence-electron chi connectivity index (χ0n) is 11.0. The number of aromatic nitrogens is 1. The molecule has 0 aliphatic carbocycles. The fourth-order valence-electron chi connectivity index (χ4n) is 2.68. The maximum absolute atomic E-state index is 10.2. The summed E-state index contributed by atoms with van der Waals surface area (Å²) in [7, 11) is 0. The average molecular weight is 321 g/mol. The summed E-state index contributed by atoms with van der Waals surface area (Å²) in [5.74, 6) is 1.20. The normalized spacial score (nSPS) is 16.0. The average Bonchev–Trinajstić information content (AvgIpc) is 2.41.